The highest BCUT2D eigenvalue weighted by Crippen LogP contribution is 2.20. The summed E-state index contributed by atoms with van der Waals surface area (Å²) in [6.45, 7) is 1.47. The molecule has 2 amide bonds. The van der Waals surface area contributed by atoms with E-state index in [4.69, 9.17) is 16.3 Å². The standard InChI is InChI=1S/C17H16ClFN2O3/c1-11(22)20-13-5-6-15(19)16(10-13)21-17(23)7-8-24-14-4-2-3-12(18)9-14/h2-6,9-10H,7-8H2,1H3,(H,20,22)(H,21,23). The SMILES string of the molecule is CC(=O)Nc1ccc(F)c(NC(=O)CCOc2cccc(Cl)c2)c1. The molecular weight excluding hydrogens is 335 g/mol. The molecule has 0 atom stereocenters. The molecule has 0 saturated carbocycles. The summed E-state index contributed by atoms with van der Waals surface area (Å²) in [5.74, 6) is -0.730. The predicted molar refractivity (Wildman–Crippen MR) is 90.9 cm³/mol. The number of carbonyl (C=O) groups excluding carboxylic acids is 2. The minimum Gasteiger partial charge on any atom is -0.493 e. The molecule has 0 spiro atoms. The van der Waals surface area contributed by atoms with Gasteiger partial charge in [0, 0.05) is 17.6 Å². The summed E-state index contributed by atoms with van der Waals surface area (Å²) >= 11 is 5.83. The van der Waals surface area contributed by atoms with E-state index in [-0.39, 0.29) is 24.6 Å². The van der Waals surface area contributed by atoms with E-state index in [0.717, 1.165) is 0 Å². The fourth-order valence-electron chi connectivity index (χ4n) is 1.93. The lowest BCUT2D eigenvalue weighted by Gasteiger charge is -2.10. The number of amides is 2. The van der Waals surface area contributed by atoms with E-state index in [2.05, 4.69) is 10.6 Å². The Kier molecular flexibility index (Phi) is 6.14. The lowest BCUT2D eigenvalue weighted by Crippen LogP contribution is -2.16. The van der Waals surface area contributed by atoms with Gasteiger partial charge in [-0.05, 0) is 36.4 Å². The summed E-state index contributed by atoms with van der Waals surface area (Å²) in [4.78, 5) is 22.9. The number of halogens is 2. The van der Waals surface area contributed by atoms with Crippen molar-refractivity contribution in [2.24, 2.45) is 0 Å². The van der Waals surface area contributed by atoms with Gasteiger partial charge in [-0.1, -0.05) is 17.7 Å². The van der Waals surface area contributed by atoms with Crippen molar-refractivity contribution >= 4 is 34.8 Å². The Morgan fingerprint density at radius 3 is 2.67 bits per heavy atom. The van der Waals surface area contributed by atoms with Crippen LogP contribution in [0.2, 0.25) is 5.02 Å². The van der Waals surface area contributed by atoms with Crippen molar-refractivity contribution in [3.63, 3.8) is 0 Å². The topological polar surface area (TPSA) is 67.4 Å². The van der Waals surface area contributed by atoms with E-state index in [9.17, 15) is 14.0 Å². The minimum atomic E-state index is -0.590. The highest BCUT2D eigenvalue weighted by molar-refractivity contribution is 6.30. The Morgan fingerprint density at radius 1 is 1.17 bits per heavy atom. The molecule has 2 aromatic rings. The van der Waals surface area contributed by atoms with Gasteiger partial charge in [0.1, 0.15) is 11.6 Å². The van der Waals surface area contributed by atoms with E-state index in [0.29, 0.717) is 16.5 Å². The molecule has 2 N–H and O–H groups in total. The third-order valence-corrected chi connectivity index (χ3v) is 3.19. The summed E-state index contributed by atoms with van der Waals surface area (Å²) in [6.07, 6.45) is 0.0380. The molecule has 0 radical (unpaired) electrons. The van der Waals surface area contributed by atoms with Gasteiger partial charge in [0.15, 0.2) is 0 Å². The van der Waals surface area contributed by atoms with Gasteiger partial charge in [-0.2, -0.15) is 0 Å². The number of nitrogens with one attached hydrogen (secondary N) is 2. The van der Waals surface area contributed by atoms with Crippen molar-refractivity contribution in [2.45, 2.75) is 13.3 Å². The van der Waals surface area contributed by atoms with Crippen molar-refractivity contribution in [1.29, 1.82) is 0 Å². The normalized spacial score (nSPS) is 10.1. The number of carbonyl (C=O) groups is 2. The van der Waals surface area contributed by atoms with Gasteiger partial charge >= 0.3 is 0 Å². The lowest BCUT2D eigenvalue weighted by molar-refractivity contribution is -0.116. The molecule has 5 nitrogen and oxygen atoms in total. The molecule has 2 aromatic carbocycles. The molecule has 0 fully saturated rings. The average Bonchev–Trinajstić information content (AvgIpc) is 2.50. The molecule has 7 heteroatoms. The number of anilines is 2. The highest BCUT2D eigenvalue weighted by Gasteiger charge is 2.09. The third kappa shape index (κ3) is 5.55. The van der Waals surface area contributed by atoms with Gasteiger partial charge in [-0.3, -0.25) is 9.59 Å². The first-order valence-electron chi connectivity index (χ1n) is 7.19. The summed E-state index contributed by atoms with van der Waals surface area (Å²) in [5.41, 5.74) is 0.392. The predicted octanol–water partition coefficient (Wildman–Crippen LogP) is 3.85. The smallest absolute Gasteiger partial charge is 0.227 e. The fraction of sp³-hybridized carbons (Fsp3) is 0.176. The second-order valence-electron chi connectivity index (χ2n) is 4.98. The van der Waals surface area contributed by atoms with Crippen molar-refractivity contribution in [2.75, 3.05) is 17.2 Å². The van der Waals surface area contributed by atoms with Gasteiger partial charge in [-0.15, -0.1) is 0 Å². The largest absolute Gasteiger partial charge is 0.493 e. The van der Waals surface area contributed by atoms with E-state index in [1.165, 1.54) is 25.1 Å². The zero-order valence-electron chi connectivity index (χ0n) is 12.9. The van der Waals surface area contributed by atoms with Crippen LogP contribution < -0.4 is 15.4 Å². The molecule has 0 aliphatic carbocycles. The van der Waals surface area contributed by atoms with Gasteiger partial charge in [0.05, 0.1) is 18.7 Å². The van der Waals surface area contributed by atoms with E-state index in [1.807, 2.05) is 0 Å². The van der Waals surface area contributed by atoms with E-state index >= 15 is 0 Å². The first-order valence-corrected chi connectivity index (χ1v) is 7.57. The number of hydrogen-bond donors (Lipinski definition) is 2. The van der Waals surface area contributed by atoms with Crippen LogP contribution >= 0.6 is 11.6 Å². The molecule has 0 aliphatic rings. The maximum absolute atomic E-state index is 13.7. The minimum absolute atomic E-state index is 0.00555. The highest BCUT2D eigenvalue weighted by atomic mass is 35.5. The van der Waals surface area contributed by atoms with Crippen LogP contribution in [0.5, 0.6) is 5.75 Å². The summed E-state index contributed by atoms with van der Waals surface area (Å²) < 4.78 is 19.1. The summed E-state index contributed by atoms with van der Waals surface area (Å²) in [6, 6.07) is 10.7. The number of ether oxygens (including phenoxy) is 1. The molecule has 0 aliphatic heterocycles. The Bertz CT molecular complexity index is 752. The van der Waals surface area contributed by atoms with E-state index in [1.54, 1.807) is 24.3 Å². The fourth-order valence-corrected chi connectivity index (χ4v) is 2.11. The zero-order chi connectivity index (χ0) is 17.5. The molecule has 126 valence electrons. The average molecular weight is 351 g/mol. The lowest BCUT2D eigenvalue weighted by atomic mass is 10.2. The molecule has 24 heavy (non-hydrogen) atoms. The van der Waals surface area contributed by atoms with E-state index < -0.39 is 11.7 Å². The molecule has 0 aromatic heterocycles. The second kappa shape index (κ2) is 8.31. The van der Waals surface area contributed by atoms with Gasteiger partial charge in [0.2, 0.25) is 11.8 Å². The Morgan fingerprint density at radius 2 is 1.96 bits per heavy atom. The Labute approximate surface area is 143 Å². The third-order valence-electron chi connectivity index (χ3n) is 2.95. The van der Waals surface area contributed by atoms with Crippen LogP contribution in [0.15, 0.2) is 42.5 Å². The maximum atomic E-state index is 13.7. The molecular formula is C17H16ClFN2O3. The van der Waals surface area contributed by atoms with Gasteiger partial charge in [0.25, 0.3) is 0 Å². The number of rotatable bonds is 6. The maximum Gasteiger partial charge on any atom is 0.227 e. The van der Waals surface area contributed by atoms with Crippen LogP contribution in [0.3, 0.4) is 0 Å². The second-order valence-corrected chi connectivity index (χ2v) is 5.42. The van der Waals surface area contributed by atoms with Crippen LogP contribution in [0, 0.1) is 5.82 Å². The van der Waals surface area contributed by atoms with Crippen molar-refractivity contribution < 1.29 is 18.7 Å². The summed E-state index contributed by atoms with van der Waals surface area (Å²) in [5, 5.41) is 5.51. The summed E-state index contributed by atoms with van der Waals surface area (Å²) in [7, 11) is 0. The number of benzene rings is 2. The monoisotopic (exact) mass is 350 g/mol. The molecule has 0 saturated heterocycles. The van der Waals surface area contributed by atoms with Gasteiger partial charge in [-0.25, -0.2) is 4.39 Å². The van der Waals surface area contributed by atoms with Crippen LogP contribution in [0.25, 0.3) is 0 Å². The number of hydrogen-bond acceptors (Lipinski definition) is 3. The molecule has 0 heterocycles. The zero-order valence-corrected chi connectivity index (χ0v) is 13.7. The Hall–Kier alpha value is -2.60. The molecule has 0 unspecified atom stereocenters. The van der Waals surface area contributed by atoms with Gasteiger partial charge < -0.3 is 15.4 Å². The first-order chi connectivity index (χ1) is 11.4. The van der Waals surface area contributed by atoms with Crippen LogP contribution in [0.1, 0.15) is 13.3 Å². The van der Waals surface area contributed by atoms with Crippen molar-refractivity contribution in [3.8, 4) is 5.75 Å². The molecule has 0 bridgehead atoms. The van der Waals surface area contributed by atoms with Crippen molar-refractivity contribution in [3.05, 3.63) is 53.3 Å². The quantitative estimate of drug-likeness (QED) is 0.831. The van der Waals surface area contributed by atoms with Crippen LogP contribution in [-0.4, -0.2) is 18.4 Å². The molecule has 2 rings (SSSR count). The Balaban J connectivity index is 1.88. The first kappa shape index (κ1) is 17.7. The van der Waals surface area contributed by atoms with Crippen LogP contribution in [0.4, 0.5) is 15.8 Å². The van der Waals surface area contributed by atoms with Crippen molar-refractivity contribution in [1.82, 2.24) is 0 Å². The van der Waals surface area contributed by atoms with Crippen LogP contribution in [-0.2, 0) is 9.59 Å².